The summed E-state index contributed by atoms with van der Waals surface area (Å²) in [5, 5.41) is 0. The van der Waals surface area contributed by atoms with Crippen LogP contribution in [0.3, 0.4) is 0 Å². The first-order chi connectivity index (χ1) is 11.9. The second kappa shape index (κ2) is 8.28. The average molecular weight is 428 g/mol. The minimum atomic E-state index is -4.94. The summed E-state index contributed by atoms with van der Waals surface area (Å²) < 4.78 is 37.6. The molecule has 2 aromatic rings. The first-order valence-electron chi connectivity index (χ1n) is 8.60. The van der Waals surface area contributed by atoms with E-state index in [1.165, 1.54) is 56.9 Å². The predicted octanol–water partition coefficient (Wildman–Crippen LogP) is -0.307. The summed E-state index contributed by atoms with van der Waals surface area (Å²) in [4.78, 5) is 0. The van der Waals surface area contributed by atoms with E-state index >= 15 is 0 Å². The van der Waals surface area contributed by atoms with Gasteiger partial charge in [0.25, 0.3) is 0 Å². The Kier molecular flexibility index (Phi) is 6.29. The van der Waals surface area contributed by atoms with Crippen molar-refractivity contribution >= 4 is 14.5 Å². The van der Waals surface area contributed by atoms with Crippen molar-refractivity contribution in [2.75, 3.05) is 0 Å². The summed E-state index contributed by atoms with van der Waals surface area (Å²) in [5.41, 5.74) is 6.64. The van der Waals surface area contributed by atoms with Gasteiger partial charge in [-0.3, -0.25) is 0 Å². The zero-order chi connectivity index (χ0) is 17.9. The normalized spacial score (nSPS) is 16.3. The van der Waals surface area contributed by atoms with Crippen molar-refractivity contribution in [2.45, 2.75) is 51.4 Å². The van der Waals surface area contributed by atoms with Crippen LogP contribution in [0.2, 0.25) is 0 Å². The van der Waals surface area contributed by atoms with Crippen molar-refractivity contribution in [3.63, 3.8) is 0 Å². The van der Waals surface area contributed by atoms with Gasteiger partial charge in [-0.2, -0.15) is 0 Å². The summed E-state index contributed by atoms with van der Waals surface area (Å²) in [6.07, 6.45) is 11.1. The van der Waals surface area contributed by atoms with Crippen LogP contribution in [0, 0.1) is 10.2 Å². The Morgan fingerprint density at radius 3 is 1.60 bits per heavy atom. The van der Waals surface area contributed by atoms with Crippen LogP contribution in [0.5, 0.6) is 0 Å². The van der Waals surface area contributed by atoms with Crippen LogP contribution in [-0.4, -0.2) is 14.5 Å². The first kappa shape index (κ1) is 19.0. The molecule has 0 N–H and O–H groups in total. The molecule has 25 heavy (non-hydrogen) atoms. The Morgan fingerprint density at radius 1 is 0.680 bits per heavy atom. The fourth-order valence-corrected chi connectivity index (χ4v) is 6.82. The Balaban J connectivity index is 0.000000324. The fourth-order valence-electron chi connectivity index (χ4n) is 3.79. The number of fused-ring (bicyclic) bond motifs is 2. The summed E-state index contributed by atoms with van der Waals surface area (Å²) in [6, 6.07) is 11.2. The second-order valence-electron chi connectivity index (χ2n) is 6.44. The summed E-state index contributed by atoms with van der Waals surface area (Å²) in [6.45, 7) is 0. The molecule has 4 nitrogen and oxygen atoms in total. The SMILES string of the molecule is [O-][Cl+3]([O-])([O-])[O-].c1ccc(-c2c3c([se+]c4c2CCCC4)CCCC3)cc1. The van der Waals surface area contributed by atoms with E-state index in [1.54, 1.807) is 16.7 Å². The van der Waals surface area contributed by atoms with E-state index in [9.17, 15) is 0 Å². The number of rotatable bonds is 1. The molecular weight excluding hydrogens is 407 g/mol. The average Bonchev–Trinajstić information content (AvgIpc) is 2.59. The van der Waals surface area contributed by atoms with E-state index in [2.05, 4.69) is 30.3 Å². The molecule has 1 aromatic heterocycles. The van der Waals surface area contributed by atoms with Crippen molar-refractivity contribution in [2.24, 2.45) is 0 Å². The number of hydrogen-bond acceptors (Lipinski definition) is 4. The van der Waals surface area contributed by atoms with Crippen LogP contribution < -0.4 is 18.6 Å². The number of hydrogen-bond donors (Lipinski definition) is 0. The van der Waals surface area contributed by atoms with Crippen LogP contribution in [-0.2, 0) is 25.7 Å². The van der Waals surface area contributed by atoms with Crippen molar-refractivity contribution in [3.05, 3.63) is 50.3 Å². The molecule has 6 heteroatoms. The van der Waals surface area contributed by atoms with Crippen molar-refractivity contribution in [3.8, 4) is 11.1 Å². The molecule has 0 saturated carbocycles. The number of benzene rings is 1. The molecule has 134 valence electrons. The molecule has 0 atom stereocenters. The van der Waals surface area contributed by atoms with Gasteiger partial charge in [0, 0.05) is 0 Å². The summed E-state index contributed by atoms with van der Waals surface area (Å²) in [7, 11) is -4.94. The van der Waals surface area contributed by atoms with Crippen molar-refractivity contribution in [1.29, 1.82) is 0 Å². The molecule has 0 fully saturated rings. The van der Waals surface area contributed by atoms with E-state index in [-0.39, 0.29) is 0 Å². The van der Waals surface area contributed by atoms with Gasteiger partial charge in [-0.25, -0.2) is 18.6 Å². The van der Waals surface area contributed by atoms with E-state index in [0.29, 0.717) is 14.5 Å². The third-order valence-corrected chi connectivity index (χ3v) is 7.67. The van der Waals surface area contributed by atoms with Gasteiger partial charge in [-0.1, -0.05) is 0 Å². The van der Waals surface area contributed by atoms with Crippen LogP contribution in [0.15, 0.2) is 30.3 Å². The van der Waals surface area contributed by atoms with E-state index in [4.69, 9.17) is 18.6 Å². The molecule has 1 aromatic carbocycles. The Labute approximate surface area is 156 Å². The van der Waals surface area contributed by atoms with Gasteiger partial charge in [0.15, 0.2) is 0 Å². The van der Waals surface area contributed by atoms with Gasteiger partial charge >= 0.3 is 127 Å². The number of aryl methyl sites for hydroxylation is 2. The zero-order valence-electron chi connectivity index (χ0n) is 14.0. The van der Waals surface area contributed by atoms with E-state index in [0.717, 1.165) is 0 Å². The second-order valence-corrected chi connectivity index (χ2v) is 9.69. The van der Waals surface area contributed by atoms with E-state index < -0.39 is 10.2 Å². The molecule has 1 heterocycles. The van der Waals surface area contributed by atoms with Gasteiger partial charge in [-0.15, -0.1) is 10.2 Å². The molecule has 0 unspecified atom stereocenters. The van der Waals surface area contributed by atoms with Crippen LogP contribution >= 0.6 is 0 Å². The van der Waals surface area contributed by atoms with Gasteiger partial charge in [0.05, 0.1) is 0 Å². The Morgan fingerprint density at radius 2 is 1.12 bits per heavy atom. The molecule has 2 aliphatic carbocycles. The van der Waals surface area contributed by atoms with Crippen molar-refractivity contribution < 1.29 is 28.9 Å². The van der Waals surface area contributed by atoms with Gasteiger partial charge < -0.3 is 0 Å². The molecule has 0 saturated heterocycles. The third-order valence-electron chi connectivity index (χ3n) is 4.75. The monoisotopic (exact) mass is 428 g/mol. The van der Waals surface area contributed by atoms with E-state index in [1.807, 2.05) is 8.87 Å². The molecule has 0 radical (unpaired) electrons. The first-order valence-corrected chi connectivity index (χ1v) is 11.5. The van der Waals surface area contributed by atoms with Crippen LogP contribution in [0.1, 0.15) is 45.7 Å². The van der Waals surface area contributed by atoms with Crippen LogP contribution in [0.4, 0.5) is 0 Å². The number of halogens is 1. The minimum absolute atomic E-state index is 0.684. The summed E-state index contributed by atoms with van der Waals surface area (Å²) in [5.74, 6) is 0. The molecule has 0 amide bonds. The van der Waals surface area contributed by atoms with Gasteiger partial charge in [0.2, 0.25) is 0 Å². The topological polar surface area (TPSA) is 92.2 Å². The molecule has 0 aliphatic heterocycles. The third kappa shape index (κ3) is 5.11. The zero-order valence-corrected chi connectivity index (χ0v) is 16.4. The standard InChI is InChI=1S/C19H21Se.ClHO4/c1-2-8-14(9-3-1)19-15-10-4-6-12-17(15)20-18-13-7-5-11-16(18)19;2-1(3,4)5/h1-3,8-9H,4-7,10-13H2;(H,2,3,4,5)/q+1;/p-1. The van der Waals surface area contributed by atoms with Gasteiger partial charge in [-0.05, 0) is 0 Å². The summed E-state index contributed by atoms with van der Waals surface area (Å²) >= 11 is 0.684. The molecule has 4 rings (SSSR count). The molecule has 0 bridgehead atoms. The van der Waals surface area contributed by atoms with Crippen molar-refractivity contribution in [1.82, 2.24) is 0 Å². The molecule has 0 spiro atoms. The quantitative estimate of drug-likeness (QED) is 0.584. The maximum atomic E-state index is 8.49. The fraction of sp³-hybridized carbons (Fsp3) is 0.421. The maximum absolute atomic E-state index is 8.49. The molecular formula is C19H21ClO4Se. The Hall–Kier alpha value is -0.781. The molecule has 2 aliphatic rings. The Bertz CT molecular complexity index is 688. The van der Waals surface area contributed by atoms with Crippen LogP contribution in [0.25, 0.3) is 11.1 Å². The predicted molar refractivity (Wildman–Crippen MR) is 86.5 cm³/mol. The van der Waals surface area contributed by atoms with Gasteiger partial charge in [0.1, 0.15) is 0 Å².